The first-order valence-corrected chi connectivity index (χ1v) is 14.3. The van der Waals surface area contributed by atoms with Crippen LogP contribution in [0.2, 0.25) is 0 Å². The average Bonchev–Trinajstić information content (AvgIpc) is 3.69. The number of nitrogen functional groups attached to an aromatic ring is 1. The number of aliphatic hydroxyl groups excluding tert-OH is 2. The zero-order chi connectivity index (χ0) is 28.7. The molecule has 0 spiro atoms. The van der Waals surface area contributed by atoms with Crippen LogP contribution in [0, 0.1) is 0 Å². The van der Waals surface area contributed by atoms with Crippen LogP contribution in [0.15, 0.2) is 90.2 Å². The number of fused-ring (bicyclic) bond motifs is 1. The minimum atomic E-state index is -4.24. The molecule has 41 heavy (non-hydrogen) atoms. The van der Waals surface area contributed by atoms with Gasteiger partial charge in [0.05, 0.1) is 6.61 Å². The minimum absolute atomic E-state index is 0.130. The van der Waals surface area contributed by atoms with Crippen LogP contribution in [-0.4, -0.2) is 58.9 Å². The third kappa shape index (κ3) is 5.22. The highest BCUT2D eigenvalue weighted by molar-refractivity contribution is 7.51. The summed E-state index contributed by atoms with van der Waals surface area (Å²) in [6.45, 7) is -0.195. The number of rotatable bonds is 8. The summed E-state index contributed by atoms with van der Waals surface area (Å²) >= 11 is 0. The van der Waals surface area contributed by atoms with Crippen LogP contribution in [0.3, 0.4) is 0 Å². The molecule has 14 heteroatoms. The first-order chi connectivity index (χ1) is 19.7. The van der Waals surface area contributed by atoms with Gasteiger partial charge in [0.25, 0.3) is 11.2 Å². The molecule has 6 rings (SSSR count). The van der Waals surface area contributed by atoms with Crippen LogP contribution >= 0.6 is 7.75 Å². The van der Waals surface area contributed by atoms with Gasteiger partial charge in [-0.3, -0.25) is 18.6 Å². The zero-order valence-electron chi connectivity index (χ0n) is 21.6. The summed E-state index contributed by atoms with van der Waals surface area (Å²) in [6.07, 6.45) is -0.971. The highest BCUT2D eigenvalue weighted by Gasteiger charge is 2.48. The van der Waals surface area contributed by atoms with Crippen molar-refractivity contribution in [1.29, 1.82) is 0 Å². The lowest BCUT2D eigenvalue weighted by atomic mass is 10.0. The largest absolute Gasteiger partial charge is 0.436 e. The molecule has 4 heterocycles. The van der Waals surface area contributed by atoms with E-state index in [0.29, 0.717) is 0 Å². The fourth-order valence-electron chi connectivity index (χ4n) is 4.94. The number of nitrogens with one attached hydrogen (secondary N) is 1. The third-order valence-corrected chi connectivity index (χ3v) is 8.34. The number of aromatic amines is 1. The molecule has 13 nitrogen and oxygen atoms in total. The second kappa shape index (κ2) is 10.7. The number of hydrogen-bond acceptors (Lipinski definition) is 8. The van der Waals surface area contributed by atoms with Crippen LogP contribution in [0.5, 0.6) is 0 Å². The summed E-state index contributed by atoms with van der Waals surface area (Å²) in [6, 6.07) is 20.9. The van der Waals surface area contributed by atoms with E-state index in [1.54, 1.807) is 23.0 Å². The number of nitrogens with two attached hydrogens (primary N) is 1. The molecule has 1 fully saturated rings. The van der Waals surface area contributed by atoms with Crippen molar-refractivity contribution in [1.82, 2.24) is 18.9 Å². The maximum absolute atomic E-state index is 13.0. The van der Waals surface area contributed by atoms with E-state index in [1.807, 2.05) is 54.6 Å². The van der Waals surface area contributed by atoms with Gasteiger partial charge in [0, 0.05) is 12.4 Å². The summed E-state index contributed by atoms with van der Waals surface area (Å²) < 4.78 is 27.7. The molecule has 3 unspecified atom stereocenters. The molecule has 2 aromatic carbocycles. The van der Waals surface area contributed by atoms with Gasteiger partial charge in [0.1, 0.15) is 24.9 Å². The Labute approximate surface area is 233 Å². The first kappa shape index (κ1) is 27.1. The molecule has 3 aromatic heterocycles. The predicted molar refractivity (Wildman–Crippen MR) is 147 cm³/mol. The van der Waals surface area contributed by atoms with Gasteiger partial charge in [-0.1, -0.05) is 54.6 Å². The van der Waals surface area contributed by atoms with Crippen molar-refractivity contribution in [2.75, 3.05) is 12.3 Å². The number of benzene rings is 2. The van der Waals surface area contributed by atoms with Gasteiger partial charge in [-0.15, -0.1) is 0 Å². The van der Waals surface area contributed by atoms with E-state index in [9.17, 15) is 24.5 Å². The molecule has 0 saturated carbocycles. The molecule has 0 aliphatic carbocycles. The second-order valence-electron chi connectivity index (χ2n) is 9.73. The standard InChI is InChI=1S/C27H27N6O7P/c28-27-29-24-21(25(36)30-27)31(14-17-8-10-19(11-9-17)18-6-2-1-3-7-18)16-33(24)26-23(35)22(34)20(40-26)15-39-41(37,38)32-12-4-5-13-32/h1-13,16,20,22-23,26,34-35H,14-15H2,(H3-,28,29,30,36,37,38)/p+1/t20?,22-,23-,26?/m0/s1. The van der Waals surface area contributed by atoms with Crippen LogP contribution < -0.4 is 15.9 Å². The molecule has 0 amide bonds. The number of ether oxygens (including phenoxy) is 1. The van der Waals surface area contributed by atoms with Gasteiger partial charge in [-0.25, -0.2) is 9.13 Å². The molecule has 0 bridgehead atoms. The highest BCUT2D eigenvalue weighted by Crippen LogP contribution is 2.44. The lowest BCUT2D eigenvalue weighted by molar-refractivity contribution is -0.664. The Morgan fingerprint density at radius 3 is 2.41 bits per heavy atom. The summed E-state index contributed by atoms with van der Waals surface area (Å²) in [5.74, 6) is -0.137. The normalized spacial score (nSPS) is 22.2. The molecule has 1 aliphatic heterocycles. The van der Waals surface area contributed by atoms with Gasteiger partial charge in [0.2, 0.25) is 18.5 Å². The van der Waals surface area contributed by atoms with E-state index in [-0.39, 0.29) is 23.7 Å². The number of nitrogens with zero attached hydrogens (tertiary/aromatic N) is 4. The first-order valence-electron chi connectivity index (χ1n) is 12.8. The molecule has 5 atom stereocenters. The lowest BCUT2D eigenvalue weighted by Crippen LogP contribution is -2.37. The maximum Gasteiger partial charge on any atom is 0.436 e. The fraction of sp³-hybridized carbons (Fsp3) is 0.222. The summed E-state index contributed by atoms with van der Waals surface area (Å²) in [5.41, 5.74) is 8.67. The van der Waals surface area contributed by atoms with E-state index in [2.05, 4.69) is 9.97 Å². The van der Waals surface area contributed by atoms with Crippen molar-refractivity contribution in [3.05, 3.63) is 101 Å². The Balaban J connectivity index is 1.28. The Morgan fingerprint density at radius 2 is 1.71 bits per heavy atom. The van der Waals surface area contributed by atoms with Gasteiger partial charge in [0.15, 0.2) is 0 Å². The maximum atomic E-state index is 13.0. The van der Waals surface area contributed by atoms with Gasteiger partial charge < -0.3 is 25.6 Å². The summed E-state index contributed by atoms with van der Waals surface area (Å²) in [4.78, 5) is 30.0. The van der Waals surface area contributed by atoms with Crippen LogP contribution in [0.4, 0.5) is 5.95 Å². The Bertz CT molecular complexity index is 1770. The quantitative estimate of drug-likeness (QED) is 0.134. The molecule has 6 N–H and O–H groups in total. The summed E-state index contributed by atoms with van der Waals surface area (Å²) in [5, 5.41) is 21.6. The van der Waals surface area contributed by atoms with Crippen molar-refractivity contribution in [3.63, 3.8) is 0 Å². The minimum Gasteiger partial charge on any atom is -0.387 e. The average molecular weight is 580 g/mol. The predicted octanol–water partition coefficient (Wildman–Crippen LogP) is 1.40. The van der Waals surface area contributed by atoms with E-state index in [0.717, 1.165) is 21.0 Å². The van der Waals surface area contributed by atoms with Crippen molar-refractivity contribution in [3.8, 4) is 11.1 Å². The van der Waals surface area contributed by atoms with Crippen molar-refractivity contribution in [2.24, 2.45) is 0 Å². The number of aromatic nitrogens is 5. The number of imidazole rings is 1. The van der Waals surface area contributed by atoms with E-state index < -0.39 is 44.5 Å². The molecule has 1 aliphatic rings. The Kier molecular flexibility index (Phi) is 7.08. The Hall–Kier alpha value is -4.10. The monoisotopic (exact) mass is 579 g/mol. The lowest BCUT2D eigenvalue weighted by Gasteiger charge is -2.17. The topological polar surface area (TPSA) is 182 Å². The number of aliphatic hydroxyl groups is 2. The summed E-state index contributed by atoms with van der Waals surface area (Å²) in [7, 11) is -4.24. The number of hydrogen-bond donors (Lipinski definition) is 5. The van der Waals surface area contributed by atoms with Crippen molar-refractivity contribution in [2.45, 2.75) is 31.1 Å². The zero-order valence-corrected chi connectivity index (χ0v) is 22.5. The fourth-order valence-corrected chi connectivity index (χ4v) is 5.90. The van der Waals surface area contributed by atoms with E-state index in [1.165, 1.54) is 17.0 Å². The second-order valence-corrected chi connectivity index (χ2v) is 11.4. The van der Waals surface area contributed by atoms with Gasteiger partial charge in [-0.05, 0) is 28.8 Å². The SMILES string of the molecule is Nc1nc2c(c(=O)[nH]1)[n+](Cc1ccc(-c3ccccc3)cc1)cn2C1OC(COP(=O)(O)n2cccc2)[C@H](O)[C@@H]1O. The highest BCUT2D eigenvalue weighted by atomic mass is 31.2. The number of anilines is 1. The van der Waals surface area contributed by atoms with Crippen molar-refractivity contribution >= 4 is 24.9 Å². The molecular weight excluding hydrogens is 551 g/mol. The van der Waals surface area contributed by atoms with E-state index >= 15 is 0 Å². The van der Waals surface area contributed by atoms with Crippen LogP contribution in [0.1, 0.15) is 11.8 Å². The Morgan fingerprint density at radius 1 is 1.02 bits per heavy atom. The molecule has 1 saturated heterocycles. The molecular formula is C27H28N6O7P+. The van der Waals surface area contributed by atoms with Gasteiger partial charge in [-0.2, -0.15) is 9.55 Å². The number of H-pyrrole nitrogens is 1. The van der Waals surface area contributed by atoms with Crippen LogP contribution in [0.25, 0.3) is 22.3 Å². The molecule has 0 radical (unpaired) electrons. The van der Waals surface area contributed by atoms with E-state index in [4.69, 9.17) is 15.0 Å². The van der Waals surface area contributed by atoms with Gasteiger partial charge >= 0.3 is 13.3 Å². The van der Waals surface area contributed by atoms with Crippen molar-refractivity contribution < 1.29 is 33.5 Å². The van der Waals surface area contributed by atoms with Crippen LogP contribution in [-0.2, 0) is 20.4 Å². The molecule has 212 valence electrons. The molecule has 5 aromatic rings. The third-order valence-electron chi connectivity index (χ3n) is 7.00. The smallest absolute Gasteiger partial charge is 0.387 e.